The molecule has 4 heteroatoms. The van der Waals surface area contributed by atoms with Crippen LogP contribution >= 0.6 is 0 Å². The second-order valence-electron chi connectivity index (χ2n) is 5.13. The smallest absolute Gasteiger partial charge is 0.242 e. The zero-order valence-electron chi connectivity index (χ0n) is 12.9. The summed E-state index contributed by atoms with van der Waals surface area (Å²) in [7, 11) is 0. The first kappa shape index (κ1) is 16.0. The van der Waals surface area contributed by atoms with Gasteiger partial charge in [-0.15, -0.1) is 0 Å². The number of likely N-dealkylation sites (N-methyl/N-ethyl adjacent to an activating group) is 1. The summed E-state index contributed by atoms with van der Waals surface area (Å²) in [5.41, 5.74) is 1.85. The molecule has 1 unspecified atom stereocenters. The molecule has 22 heavy (non-hydrogen) atoms. The summed E-state index contributed by atoms with van der Waals surface area (Å²) in [4.78, 5) is 14.2. The van der Waals surface area contributed by atoms with E-state index in [9.17, 15) is 9.18 Å². The van der Waals surface area contributed by atoms with Crippen molar-refractivity contribution in [3.05, 3.63) is 66.0 Å². The van der Waals surface area contributed by atoms with Crippen molar-refractivity contribution in [3.8, 4) is 0 Å². The van der Waals surface area contributed by atoms with Gasteiger partial charge in [-0.3, -0.25) is 4.79 Å². The molecule has 0 aliphatic rings. The van der Waals surface area contributed by atoms with Crippen LogP contribution in [0.5, 0.6) is 0 Å². The first-order valence-corrected chi connectivity index (χ1v) is 7.45. The Hall–Kier alpha value is -2.36. The number of rotatable bonds is 6. The molecule has 1 amide bonds. The fourth-order valence-corrected chi connectivity index (χ4v) is 2.42. The number of amides is 1. The molecule has 2 rings (SSSR count). The molecule has 0 saturated heterocycles. The quantitative estimate of drug-likeness (QED) is 0.879. The van der Waals surface area contributed by atoms with Gasteiger partial charge in [-0.05, 0) is 43.7 Å². The fraction of sp³-hybridized carbons (Fsp3) is 0.278. The Kier molecular flexibility index (Phi) is 5.53. The highest BCUT2D eigenvalue weighted by atomic mass is 19.1. The highest BCUT2D eigenvalue weighted by molar-refractivity contribution is 5.81. The molecule has 0 aliphatic carbocycles. The topological polar surface area (TPSA) is 32.3 Å². The molecular formula is C18H21FN2O. The average Bonchev–Trinajstić information content (AvgIpc) is 2.55. The number of nitrogens with zero attached hydrogens (tertiary/aromatic N) is 1. The lowest BCUT2D eigenvalue weighted by molar-refractivity contribution is -0.131. The van der Waals surface area contributed by atoms with E-state index >= 15 is 0 Å². The maximum atomic E-state index is 13.0. The van der Waals surface area contributed by atoms with E-state index in [1.165, 1.54) is 12.1 Å². The van der Waals surface area contributed by atoms with Gasteiger partial charge in [0.1, 0.15) is 5.82 Å². The van der Waals surface area contributed by atoms with Crippen LogP contribution in [0, 0.1) is 5.82 Å². The van der Waals surface area contributed by atoms with Crippen molar-refractivity contribution < 1.29 is 9.18 Å². The van der Waals surface area contributed by atoms with Crippen molar-refractivity contribution in [3.63, 3.8) is 0 Å². The Morgan fingerprint density at radius 1 is 1.14 bits per heavy atom. The van der Waals surface area contributed by atoms with Crippen LogP contribution in [0.2, 0.25) is 0 Å². The van der Waals surface area contributed by atoms with Crippen molar-refractivity contribution in [1.29, 1.82) is 0 Å². The number of carbonyl (C=O) groups excluding carboxylic acids is 1. The average molecular weight is 300 g/mol. The zero-order chi connectivity index (χ0) is 15.9. The van der Waals surface area contributed by atoms with Gasteiger partial charge in [0, 0.05) is 12.2 Å². The van der Waals surface area contributed by atoms with Crippen LogP contribution in [-0.2, 0) is 4.79 Å². The van der Waals surface area contributed by atoms with Crippen LogP contribution in [-0.4, -0.2) is 23.9 Å². The maximum absolute atomic E-state index is 13.0. The molecular weight excluding hydrogens is 279 g/mol. The third kappa shape index (κ3) is 4.07. The third-order valence-electron chi connectivity index (χ3n) is 3.70. The third-order valence-corrected chi connectivity index (χ3v) is 3.70. The predicted octanol–water partition coefficient (Wildman–Crippen LogP) is 3.85. The van der Waals surface area contributed by atoms with Gasteiger partial charge in [0.15, 0.2) is 0 Å². The molecule has 0 radical (unpaired) electrons. The summed E-state index contributed by atoms with van der Waals surface area (Å²) in [6.45, 7) is 4.74. The van der Waals surface area contributed by atoms with E-state index < -0.39 is 0 Å². The van der Waals surface area contributed by atoms with Crippen LogP contribution in [0.3, 0.4) is 0 Å². The van der Waals surface area contributed by atoms with E-state index in [0.717, 1.165) is 11.3 Å². The van der Waals surface area contributed by atoms with Crippen molar-refractivity contribution in [2.45, 2.75) is 19.9 Å². The first-order valence-electron chi connectivity index (χ1n) is 7.45. The van der Waals surface area contributed by atoms with Crippen molar-refractivity contribution in [2.24, 2.45) is 0 Å². The molecule has 0 spiro atoms. The minimum Gasteiger partial charge on any atom is -0.376 e. The number of nitrogens with one attached hydrogen (secondary N) is 1. The van der Waals surface area contributed by atoms with Crippen molar-refractivity contribution >= 4 is 11.6 Å². The molecule has 1 N–H and O–H groups in total. The van der Waals surface area contributed by atoms with Gasteiger partial charge in [0.05, 0.1) is 12.6 Å². The summed E-state index contributed by atoms with van der Waals surface area (Å²) in [5.74, 6) is -0.251. The molecule has 0 bridgehead atoms. The van der Waals surface area contributed by atoms with Crippen molar-refractivity contribution in [2.75, 3.05) is 18.4 Å². The Labute approximate surface area is 130 Å². The summed E-state index contributed by atoms with van der Waals surface area (Å²) in [5, 5.41) is 3.12. The summed E-state index contributed by atoms with van der Waals surface area (Å²) < 4.78 is 13.0. The minimum atomic E-state index is -0.268. The van der Waals surface area contributed by atoms with Gasteiger partial charge >= 0.3 is 0 Å². The van der Waals surface area contributed by atoms with E-state index in [-0.39, 0.29) is 24.3 Å². The first-order chi connectivity index (χ1) is 10.6. The van der Waals surface area contributed by atoms with Gasteiger partial charge in [0.2, 0.25) is 5.91 Å². The Bertz CT molecular complexity index is 598. The summed E-state index contributed by atoms with van der Waals surface area (Å²) in [6, 6.07) is 15.8. The zero-order valence-corrected chi connectivity index (χ0v) is 12.9. The summed E-state index contributed by atoms with van der Waals surface area (Å²) >= 11 is 0. The lowest BCUT2D eigenvalue weighted by Crippen LogP contribution is -2.37. The second kappa shape index (κ2) is 7.59. The summed E-state index contributed by atoms with van der Waals surface area (Å²) in [6.07, 6.45) is 0. The SMILES string of the molecule is CCN(C(=O)CNc1ccccc1)C(C)c1ccc(F)cc1. The second-order valence-corrected chi connectivity index (χ2v) is 5.13. The van der Waals surface area contributed by atoms with E-state index in [4.69, 9.17) is 0 Å². The lowest BCUT2D eigenvalue weighted by Gasteiger charge is -2.28. The number of carbonyl (C=O) groups is 1. The molecule has 2 aromatic carbocycles. The number of para-hydroxylation sites is 1. The lowest BCUT2D eigenvalue weighted by atomic mass is 10.1. The van der Waals surface area contributed by atoms with Crippen LogP contribution in [0.1, 0.15) is 25.5 Å². The number of anilines is 1. The van der Waals surface area contributed by atoms with Crippen LogP contribution in [0.4, 0.5) is 10.1 Å². The van der Waals surface area contributed by atoms with Crippen molar-refractivity contribution in [1.82, 2.24) is 4.90 Å². The standard InChI is InChI=1S/C18H21FN2O/c1-3-21(14(2)15-9-11-16(19)12-10-15)18(22)13-20-17-7-5-4-6-8-17/h4-12,14,20H,3,13H2,1-2H3. The molecule has 3 nitrogen and oxygen atoms in total. The highest BCUT2D eigenvalue weighted by Gasteiger charge is 2.19. The number of halogens is 1. The van der Waals surface area contributed by atoms with Gasteiger partial charge in [-0.25, -0.2) is 4.39 Å². The molecule has 0 aliphatic heterocycles. The Balaban J connectivity index is 2.00. The molecule has 0 saturated carbocycles. The van der Waals surface area contributed by atoms with Gasteiger partial charge < -0.3 is 10.2 Å². The molecule has 0 fully saturated rings. The highest BCUT2D eigenvalue weighted by Crippen LogP contribution is 2.20. The Morgan fingerprint density at radius 3 is 2.36 bits per heavy atom. The monoisotopic (exact) mass is 300 g/mol. The fourth-order valence-electron chi connectivity index (χ4n) is 2.42. The normalized spacial score (nSPS) is 11.8. The van der Waals surface area contributed by atoms with E-state index in [2.05, 4.69) is 5.32 Å². The van der Waals surface area contributed by atoms with Gasteiger partial charge in [0.25, 0.3) is 0 Å². The largest absolute Gasteiger partial charge is 0.376 e. The predicted molar refractivity (Wildman–Crippen MR) is 87.1 cm³/mol. The minimum absolute atomic E-state index is 0.0168. The molecule has 1 atom stereocenters. The van der Waals surface area contributed by atoms with E-state index in [0.29, 0.717) is 6.54 Å². The van der Waals surface area contributed by atoms with Gasteiger partial charge in [-0.1, -0.05) is 30.3 Å². The number of benzene rings is 2. The molecule has 2 aromatic rings. The molecule has 116 valence electrons. The number of hydrogen-bond donors (Lipinski definition) is 1. The van der Waals surface area contributed by atoms with Crippen LogP contribution in [0.15, 0.2) is 54.6 Å². The molecule has 0 aromatic heterocycles. The van der Waals surface area contributed by atoms with Gasteiger partial charge in [-0.2, -0.15) is 0 Å². The molecule has 0 heterocycles. The number of hydrogen-bond acceptors (Lipinski definition) is 2. The van der Waals surface area contributed by atoms with Crippen LogP contribution in [0.25, 0.3) is 0 Å². The Morgan fingerprint density at radius 2 is 1.77 bits per heavy atom. The van der Waals surface area contributed by atoms with E-state index in [1.807, 2.05) is 44.2 Å². The van der Waals surface area contributed by atoms with Crippen LogP contribution < -0.4 is 5.32 Å². The van der Waals surface area contributed by atoms with E-state index in [1.54, 1.807) is 17.0 Å². The maximum Gasteiger partial charge on any atom is 0.242 e.